The number of para-hydroxylation sites is 2. The van der Waals surface area contributed by atoms with E-state index in [9.17, 15) is 0 Å². The third-order valence-electron chi connectivity index (χ3n) is 4.91. The molecule has 110 valence electrons. The maximum absolute atomic E-state index is 2.40. The summed E-state index contributed by atoms with van der Waals surface area (Å²) < 4.78 is 2.40. The van der Waals surface area contributed by atoms with Crippen LogP contribution in [0.2, 0.25) is 0 Å². The Bertz CT molecular complexity index is 1010. The quantitative estimate of drug-likeness (QED) is 0.443. The molecule has 3 aromatic carbocycles. The number of rotatable bonds is 1. The van der Waals surface area contributed by atoms with E-state index in [1.54, 1.807) is 0 Å². The first-order valence-electron chi connectivity index (χ1n) is 8.18. The average molecular weight is 295 g/mol. The van der Waals surface area contributed by atoms with Crippen LogP contribution in [0, 0.1) is 0 Å². The summed E-state index contributed by atoms with van der Waals surface area (Å²) >= 11 is 0. The van der Waals surface area contributed by atoms with Gasteiger partial charge in [0.2, 0.25) is 0 Å². The van der Waals surface area contributed by atoms with Crippen LogP contribution in [-0.2, 0) is 12.8 Å². The summed E-state index contributed by atoms with van der Waals surface area (Å²) in [6, 6.07) is 26.2. The molecule has 1 nitrogen and oxygen atoms in total. The fraction of sp³-hybridized carbons (Fsp3) is 0.0909. The number of fused-ring (bicyclic) bond motifs is 2. The van der Waals surface area contributed by atoms with Crippen LogP contribution in [0.1, 0.15) is 11.1 Å². The molecule has 0 bridgehead atoms. The van der Waals surface area contributed by atoms with Gasteiger partial charge < -0.3 is 4.57 Å². The summed E-state index contributed by atoms with van der Waals surface area (Å²) in [5, 5.41) is 1.35. The molecule has 0 spiro atoms. The summed E-state index contributed by atoms with van der Waals surface area (Å²) in [4.78, 5) is 0. The zero-order valence-corrected chi connectivity index (χ0v) is 12.9. The van der Waals surface area contributed by atoms with Gasteiger partial charge >= 0.3 is 0 Å². The second kappa shape index (κ2) is 4.85. The molecule has 0 aliphatic carbocycles. The van der Waals surface area contributed by atoms with Gasteiger partial charge in [0.15, 0.2) is 0 Å². The molecule has 0 fully saturated rings. The van der Waals surface area contributed by atoms with E-state index in [1.807, 2.05) is 0 Å². The zero-order valence-electron chi connectivity index (χ0n) is 12.9. The minimum Gasteiger partial charge on any atom is -0.315 e. The number of aromatic nitrogens is 1. The third-order valence-corrected chi connectivity index (χ3v) is 4.91. The van der Waals surface area contributed by atoms with E-state index >= 15 is 0 Å². The molecule has 0 saturated heterocycles. The van der Waals surface area contributed by atoms with Crippen molar-refractivity contribution >= 4 is 10.9 Å². The highest BCUT2D eigenvalue weighted by Gasteiger charge is 2.18. The van der Waals surface area contributed by atoms with Gasteiger partial charge in [-0.25, -0.2) is 0 Å². The van der Waals surface area contributed by atoms with Crippen molar-refractivity contribution in [3.05, 3.63) is 90.1 Å². The van der Waals surface area contributed by atoms with Crippen molar-refractivity contribution in [1.82, 2.24) is 4.57 Å². The van der Waals surface area contributed by atoms with Crippen LogP contribution in [0.3, 0.4) is 0 Å². The van der Waals surface area contributed by atoms with Gasteiger partial charge in [0, 0.05) is 22.8 Å². The Morgan fingerprint density at radius 2 is 1.39 bits per heavy atom. The summed E-state index contributed by atoms with van der Waals surface area (Å²) in [6.07, 6.45) is 4.53. The Morgan fingerprint density at radius 1 is 0.652 bits per heavy atom. The molecule has 23 heavy (non-hydrogen) atoms. The summed E-state index contributed by atoms with van der Waals surface area (Å²) in [5.74, 6) is 0. The molecule has 0 radical (unpaired) electrons. The molecule has 0 saturated carbocycles. The Balaban J connectivity index is 1.90. The minimum atomic E-state index is 1.10. The van der Waals surface area contributed by atoms with E-state index in [-0.39, 0.29) is 0 Å². The molecule has 1 aliphatic rings. The lowest BCUT2D eigenvalue weighted by Gasteiger charge is -2.08. The highest BCUT2D eigenvalue weighted by Crippen LogP contribution is 2.37. The van der Waals surface area contributed by atoms with Crippen LogP contribution < -0.4 is 0 Å². The van der Waals surface area contributed by atoms with Crippen LogP contribution in [0.25, 0.3) is 27.7 Å². The molecule has 1 aromatic heterocycles. The minimum absolute atomic E-state index is 1.10. The fourth-order valence-corrected chi connectivity index (χ4v) is 3.82. The second-order valence-corrected chi connectivity index (χ2v) is 6.22. The number of nitrogens with zero attached hydrogens (tertiary/aromatic N) is 1. The smallest absolute Gasteiger partial charge is 0.0567 e. The monoisotopic (exact) mass is 295 g/mol. The van der Waals surface area contributed by atoms with Crippen molar-refractivity contribution in [2.75, 3.05) is 0 Å². The van der Waals surface area contributed by atoms with Crippen LogP contribution in [0.4, 0.5) is 0 Å². The van der Waals surface area contributed by atoms with E-state index in [1.165, 1.54) is 38.8 Å². The first kappa shape index (κ1) is 12.7. The maximum atomic E-state index is 2.40. The van der Waals surface area contributed by atoms with Gasteiger partial charge in [-0.3, -0.25) is 0 Å². The van der Waals surface area contributed by atoms with Crippen molar-refractivity contribution in [3.8, 4) is 16.8 Å². The molecule has 2 heterocycles. The second-order valence-electron chi connectivity index (χ2n) is 6.22. The summed E-state index contributed by atoms with van der Waals surface area (Å²) in [6.45, 7) is 0. The predicted octanol–water partition coefficient (Wildman–Crippen LogP) is 5.40. The van der Waals surface area contributed by atoms with Crippen LogP contribution in [-0.4, -0.2) is 4.57 Å². The van der Waals surface area contributed by atoms with E-state index < -0.39 is 0 Å². The molecule has 0 amide bonds. The van der Waals surface area contributed by atoms with Crippen molar-refractivity contribution in [3.63, 3.8) is 0 Å². The standard InChI is InChI=1S/C22H17N/c1-2-7-16(8-3-1)20-15-23-21-12-5-4-9-17(21)13-14-18-10-6-11-19(20)22(18)23/h1-12,15H,13-14H2. The van der Waals surface area contributed by atoms with Crippen LogP contribution >= 0.6 is 0 Å². The van der Waals surface area contributed by atoms with E-state index in [2.05, 4.69) is 83.6 Å². The lowest BCUT2D eigenvalue weighted by atomic mass is 10.00. The van der Waals surface area contributed by atoms with Crippen molar-refractivity contribution in [2.24, 2.45) is 0 Å². The molecule has 0 N–H and O–H groups in total. The molecule has 4 aromatic rings. The molecule has 0 unspecified atom stereocenters. The SMILES string of the molecule is c1ccc(-c2cn3c4c(cccc24)CCc2ccccc2-3)cc1. The van der Waals surface area contributed by atoms with Gasteiger partial charge in [-0.1, -0.05) is 66.7 Å². The van der Waals surface area contributed by atoms with Crippen LogP contribution in [0.15, 0.2) is 79.0 Å². The first-order chi connectivity index (χ1) is 11.4. The number of benzene rings is 3. The topological polar surface area (TPSA) is 4.93 Å². The maximum Gasteiger partial charge on any atom is 0.0567 e. The molecule has 1 aliphatic heterocycles. The van der Waals surface area contributed by atoms with E-state index in [0.717, 1.165) is 12.8 Å². The molecular weight excluding hydrogens is 278 g/mol. The number of aryl methyl sites for hydroxylation is 2. The van der Waals surface area contributed by atoms with Gasteiger partial charge in [-0.2, -0.15) is 0 Å². The van der Waals surface area contributed by atoms with Gasteiger partial charge in [0.05, 0.1) is 5.52 Å². The van der Waals surface area contributed by atoms with Gasteiger partial charge in [-0.05, 0) is 35.6 Å². The average Bonchev–Trinajstić information content (AvgIpc) is 2.93. The largest absolute Gasteiger partial charge is 0.315 e. The van der Waals surface area contributed by atoms with Gasteiger partial charge in [0.1, 0.15) is 0 Å². The molecule has 1 heteroatoms. The van der Waals surface area contributed by atoms with E-state index in [4.69, 9.17) is 0 Å². The number of hydrogen-bond acceptors (Lipinski definition) is 0. The van der Waals surface area contributed by atoms with Crippen molar-refractivity contribution in [2.45, 2.75) is 12.8 Å². The predicted molar refractivity (Wildman–Crippen MR) is 96.1 cm³/mol. The third kappa shape index (κ3) is 1.86. The zero-order chi connectivity index (χ0) is 15.2. The lowest BCUT2D eigenvalue weighted by molar-refractivity contribution is 0.973. The highest BCUT2D eigenvalue weighted by molar-refractivity contribution is 5.99. The van der Waals surface area contributed by atoms with E-state index in [0.29, 0.717) is 0 Å². The Morgan fingerprint density at radius 3 is 2.30 bits per heavy atom. The van der Waals surface area contributed by atoms with Gasteiger partial charge in [-0.15, -0.1) is 0 Å². The summed E-state index contributed by atoms with van der Waals surface area (Å²) in [7, 11) is 0. The number of hydrogen-bond donors (Lipinski definition) is 0. The normalized spacial score (nSPS) is 12.9. The Labute approximate surface area is 135 Å². The lowest BCUT2D eigenvalue weighted by Crippen LogP contribution is -1.95. The van der Waals surface area contributed by atoms with Crippen molar-refractivity contribution < 1.29 is 0 Å². The highest BCUT2D eigenvalue weighted by atomic mass is 15.0. The Hall–Kier alpha value is -2.80. The summed E-state index contributed by atoms with van der Waals surface area (Å²) in [5.41, 5.74) is 8.17. The van der Waals surface area contributed by atoms with Crippen molar-refractivity contribution in [1.29, 1.82) is 0 Å². The molecule has 0 atom stereocenters. The first-order valence-corrected chi connectivity index (χ1v) is 8.18. The van der Waals surface area contributed by atoms with Crippen LogP contribution in [0.5, 0.6) is 0 Å². The molecule has 5 rings (SSSR count). The molecular formula is C22H17N. The van der Waals surface area contributed by atoms with Gasteiger partial charge in [0.25, 0.3) is 0 Å². The fourth-order valence-electron chi connectivity index (χ4n) is 3.82. The Kier molecular flexibility index (Phi) is 2.68.